The van der Waals surface area contributed by atoms with E-state index in [-0.39, 0.29) is 11.4 Å². The third kappa shape index (κ3) is 3.37. The Labute approximate surface area is 131 Å². The number of sulfonamides is 1. The number of hydrogen-bond donors (Lipinski definition) is 1. The van der Waals surface area contributed by atoms with Gasteiger partial charge in [0, 0.05) is 13.7 Å². The van der Waals surface area contributed by atoms with Crippen LogP contribution in [0, 0.1) is 20.8 Å². The molecule has 1 heterocycles. The van der Waals surface area contributed by atoms with E-state index in [1.165, 1.54) is 7.11 Å². The van der Waals surface area contributed by atoms with Gasteiger partial charge in [0.25, 0.3) is 0 Å². The lowest BCUT2D eigenvalue weighted by Crippen LogP contribution is -2.28. The molecule has 120 valence electrons. The standard InChI is InChI=1S/C15H21N3O3S/c1-11-5-7-14(8-6-11)18-13(3)15(12(2)17-18)22(19,20)16-9-10-21-4/h5-8,16H,9-10H2,1-4H3. The molecule has 0 amide bonds. The van der Waals surface area contributed by atoms with Crippen LogP contribution in [0.1, 0.15) is 17.0 Å². The maximum Gasteiger partial charge on any atom is 0.244 e. The van der Waals surface area contributed by atoms with Crippen LogP contribution >= 0.6 is 0 Å². The number of nitrogens with zero attached hydrogens (tertiary/aromatic N) is 2. The zero-order valence-electron chi connectivity index (χ0n) is 13.3. The molecule has 2 aromatic rings. The lowest BCUT2D eigenvalue weighted by Gasteiger charge is -2.08. The maximum atomic E-state index is 12.4. The van der Waals surface area contributed by atoms with Gasteiger partial charge in [0.1, 0.15) is 4.90 Å². The summed E-state index contributed by atoms with van der Waals surface area (Å²) in [5.41, 5.74) is 3.04. The summed E-state index contributed by atoms with van der Waals surface area (Å²) < 4.78 is 33.9. The highest BCUT2D eigenvalue weighted by Gasteiger charge is 2.24. The normalized spacial score (nSPS) is 11.8. The summed E-state index contributed by atoms with van der Waals surface area (Å²) in [6.45, 7) is 6.00. The lowest BCUT2D eigenvalue weighted by molar-refractivity contribution is 0.204. The summed E-state index contributed by atoms with van der Waals surface area (Å²) >= 11 is 0. The predicted octanol–water partition coefficient (Wildman–Crippen LogP) is 1.72. The van der Waals surface area contributed by atoms with Crippen LogP contribution in [0.3, 0.4) is 0 Å². The highest BCUT2D eigenvalue weighted by molar-refractivity contribution is 7.89. The number of aromatic nitrogens is 2. The fourth-order valence-corrected chi connectivity index (χ4v) is 3.71. The van der Waals surface area contributed by atoms with Gasteiger partial charge in [-0.2, -0.15) is 5.10 Å². The van der Waals surface area contributed by atoms with E-state index in [1.54, 1.807) is 18.5 Å². The van der Waals surface area contributed by atoms with Crippen molar-refractivity contribution >= 4 is 10.0 Å². The first-order valence-electron chi connectivity index (χ1n) is 6.98. The molecule has 22 heavy (non-hydrogen) atoms. The van der Waals surface area contributed by atoms with Gasteiger partial charge in [-0.05, 0) is 32.9 Å². The monoisotopic (exact) mass is 323 g/mol. The number of benzene rings is 1. The second-order valence-corrected chi connectivity index (χ2v) is 6.84. The third-order valence-corrected chi connectivity index (χ3v) is 5.08. The smallest absolute Gasteiger partial charge is 0.244 e. The SMILES string of the molecule is COCCNS(=O)(=O)c1c(C)nn(-c2ccc(C)cc2)c1C. The Hall–Kier alpha value is -1.70. The van der Waals surface area contributed by atoms with Crippen molar-refractivity contribution in [3.8, 4) is 5.69 Å². The minimum absolute atomic E-state index is 0.226. The van der Waals surface area contributed by atoms with E-state index in [1.807, 2.05) is 31.2 Å². The van der Waals surface area contributed by atoms with Crippen molar-refractivity contribution in [3.05, 3.63) is 41.2 Å². The average molecular weight is 323 g/mol. The molecule has 7 heteroatoms. The van der Waals surface area contributed by atoms with Crippen LogP contribution in [0.15, 0.2) is 29.2 Å². The van der Waals surface area contributed by atoms with Crippen molar-refractivity contribution < 1.29 is 13.2 Å². The Morgan fingerprint density at radius 3 is 2.41 bits per heavy atom. The number of ether oxygens (including phenoxy) is 1. The summed E-state index contributed by atoms with van der Waals surface area (Å²) in [4.78, 5) is 0.226. The highest BCUT2D eigenvalue weighted by Crippen LogP contribution is 2.22. The molecule has 0 bridgehead atoms. The van der Waals surface area contributed by atoms with Gasteiger partial charge in [-0.1, -0.05) is 17.7 Å². The molecule has 6 nitrogen and oxygen atoms in total. The van der Waals surface area contributed by atoms with Crippen molar-refractivity contribution in [1.82, 2.24) is 14.5 Å². The fraction of sp³-hybridized carbons (Fsp3) is 0.400. The summed E-state index contributed by atoms with van der Waals surface area (Å²) in [6.07, 6.45) is 0. The molecule has 0 spiro atoms. The van der Waals surface area contributed by atoms with Crippen LogP contribution in [-0.2, 0) is 14.8 Å². The van der Waals surface area contributed by atoms with Crippen molar-refractivity contribution in [1.29, 1.82) is 0 Å². The highest BCUT2D eigenvalue weighted by atomic mass is 32.2. The molecule has 0 aliphatic carbocycles. The van der Waals surface area contributed by atoms with Gasteiger partial charge in [-0.15, -0.1) is 0 Å². The fourth-order valence-electron chi connectivity index (χ4n) is 2.30. The van der Waals surface area contributed by atoms with Crippen LogP contribution in [0.5, 0.6) is 0 Å². The largest absolute Gasteiger partial charge is 0.383 e. The molecule has 1 aromatic carbocycles. The molecule has 0 radical (unpaired) electrons. The average Bonchev–Trinajstić information content (AvgIpc) is 2.75. The number of rotatable bonds is 6. The molecule has 0 saturated carbocycles. The van der Waals surface area contributed by atoms with E-state index in [4.69, 9.17) is 4.74 Å². The summed E-state index contributed by atoms with van der Waals surface area (Å²) in [6, 6.07) is 7.78. The lowest BCUT2D eigenvalue weighted by atomic mass is 10.2. The second-order valence-electron chi connectivity index (χ2n) is 5.14. The van der Waals surface area contributed by atoms with Crippen molar-refractivity contribution in [2.24, 2.45) is 0 Å². The molecular formula is C15H21N3O3S. The molecular weight excluding hydrogens is 302 g/mol. The van der Waals surface area contributed by atoms with Gasteiger partial charge in [0.05, 0.1) is 23.7 Å². The van der Waals surface area contributed by atoms with Crippen molar-refractivity contribution in [3.63, 3.8) is 0 Å². The quantitative estimate of drug-likeness (QED) is 0.822. The first-order chi connectivity index (χ1) is 10.4. The van der Waals surface area contributed by atoms with Crippen LogP contribution < -0.4 is 4.72 Å². The van der Waals surface area contributed by atoms with Crippen LogP contribution in [0.25, 0.3) is 5.69 Å². The minimum atomic E-state index is -3.60. The zero-order chi connectivity index (χ0) is 16.3. The molecule has 0 saturated heterocycles. The first kappa shape index (κ1) is 16.7. The number of nitrogens with one attached hydrogen (secondary N) is 1. The van der Waals surface area contributed by atoms with Gasteiger partial charge in [0.2, 0.25) is 10.0 Å². The Kier molecular flexibility index (Phi) is 5.00. The van der Waals surface area contributed by atoms with E-state index < -0.39 is 10.0 Å². The third-order valence-electron chi connectivity index (χ3n) is 3.37. The Morgan fingerprint density at radius 2 is 1.82 bits per heavy atom. The van der Waals surface area contributed by atoms with Gasteiger partial charge in [-0.3, -0.25) is 0 Å². The molecule has 0 fully saturated rings. The van der Waals surface area contributed by atoms with E-state index in [0.29, 0.717) is 18.0 Å². The minimum Gasteiger partial charge on any atom is -0.383 e. The molecule has 0 unspecified atom stereocenters. The van der Waals surface area contributed by atoms with Crippen LogP contribution in [0.4, 0.5) is 0 Å². The van der Waals surface area contributed by atoms with Gasteiger partial charge < -0.3 is 4.74 Å². The molecule has 0 aliphatic rings. The van der Waals surface area contributed by atoms with Gasteiger partial charge in [0.15, 0.2) is 0 Å². The van der Waals surface area contributed by atoms with Crippen LogP contribution in [0.2, 0.25) is 0 Å². The van der Waals surface area contributed by atoms with E-state index in [2.05, 4.69) is 9.82 Å². The number of methoxy groups -OCH3 is 1. The predicted molar refractivity (Wildman–Crippen MR) is 84.8 cm³/mol. The Balaban J connectivity index is 2.41. The summed E-state index contributed by atoms with van der Waals surface area (Å²) in [5, 5.41) is 4.37. The summed E-state index contributed by atoms with van der Waals surface area (Å²) in [5.74, 6) is 0. The zero-order valence-corrected chi connectivity index (χ0v) is 14.1. The Bertz CT molecular complexity index is 749. The van der Waals surface area contributed by atoms with Crippen molar-refractivity contribution in [2.45, 2.75) is 25.7 Å². The number of hydrogen-bond acceptors (Lipinski definition) is 4. The molecule has 1 aromatic heterocycles. The molecule has 1 N–H and O–H groups in total. The van der Waals surface area contributed by atoms with Crippen molar-refractivity contribution in [2.75, 3.05) is 20.3 Å². The first-order valence-corrected chi connectivity index (χ1v) is 8.47. The van der Waals surface area contributed by atoms with Crippen LogP contribution in [-0.4, -0.2) is 38.5 Å². The topological polar surface area (TPSA) is 73.2 Å². The number of aryl methyl sites for hydroxylation is 2. The summed E-state index contributed by atoms with van der Waals surface area (Å²) in [7, 11) is -2.07. The molecule has 2 rings (SSSR count). The molecule has 0 atom stereocenters. The molecule has 0 aliphatic heterocycles. The Morgan fingerprint density at radius 1 is 1.18 bits per heavy atom. The van der Waals surface area contributed by atoms with E-state index in [0.717, 1.165) is 11.3 Å². The van der Waals surface area contributed by atoms with Gasteiger partial charge >= 0.3 is 0 Å². The van der Waals surface area contributed by atoms with E-state index in [9.17, 15) is 8.42 Å². The maximum absolute atomic E-state index is 12.4. The second kappa shape index (κ2) is 6.60. The van der Waals surface area contributed by atoms with Gasteiger partial charge in [-0.25, -0.2) is 17.8 Å². The van der Waals surface area contributed by atoms with E-state index >= 15 is 0 Å².